The number of hydrogen-bond donors (Lipinski definition) is 1. The maximum atomic E-state index is 11.2. The quantitative estimate of drug-likeness (QED) is 0.699. The lowest BCUT2D eigenvalue weighted by atomic mass is 10.1. The van der Waals surface area contributed by atoms with E-state index in [4.69, 9.17) is 0 Å². The van der Waals surface area contributed by atoms with Gasteiger partial charge in [-0.05, 0) is 25.3 Å². The molecule has 0 saturated heterocycles. The van der Waals surface area contributed by atoms with Gasteiger partial charge in [-0.15, -0.1) is 0 Å². The fraction of sp³-hybridized carbons (Fsp3) is 0.600. The Morgan fingerprint density at radius 3 is 3.20 bits per heavy atom. The molecule has 1 unspecified atom stereocenters. The molecule has 0 saturated carbocycles. The van der Waals surface area contributed by atoms with Crippen molar-refractivity contribution in [2.75, 3.05) is 7.11 Å². The van der Waals surface area contributed by atoms with Crippen LogP contribution >= 0.6 is 0 Å². The zero-order chi connectivity index (χ0) is 10.8. The summed E-state index contributed by atoms with van der Waals surface area (Å²) in [6.45, 7) is 0.753. The van der Waals surface area contributed by atoms with Crippen LogP contribution in [0.2, 0.25) is 0 Å². The highest BCUT2D eigenvalue weighted by molar-refractivity contribution is 5.87. The van der Waals surface area contributed by atoms with Crippen molar-refractivity contribution in [1.29, 1.82) is 0 Å². The Balaban J connectivity index is 2.33. The van der Waals surface area contributed by atoms with Crippen LogP contribution in [0.4, 0.5) is 0 Å². The van der Waals surface area contributed by atoms with Gasteiger partial charge in [0.05, 0.1) is 18.9 Å². The van der Waals surface area contributed by atoms with Crippen molar-refractivity contribution >= 4 is 5.97 Å². The second-order valence-corrected chi connectivity index (χ2v) is 3.68. The summed E-state index contributed by atoms with van der Waals surface area (Å²) in [6.07, 6.45) is 2.18. The number of carbonyl (C=O) groups is 1. The highest BCUT2D eigenvalue weighted by Crippen LogP contribution is 2.24. The van der Waals surface area contributed by atoms with E-state index in [0.717, 1.165) is 25.8 Å². The normalized spacial score (nSPS) is 20.5. The number of aliphatic hydroxyl groups excluding tert-OH is 1. The minimum Gasteiger partial charge on any atom is -0.464 e. The van der Waals surface area contributed by atoms with Crippen LogP contribution in [0.1, 0.15) is 41.5 Å². The number of aromatic nitrogens is 2. The first-order chi connectivity index (χ1) is 7.22. The first-order valence-corrected chi connectivity index (χ1v) is 5.06. The van der Waals surface area contributed by atoms with E-state index < -0.39 is 12.1 Å². The first-order valence-electron chi connectivity index (χ1n) is 5.06. The lowest BCUT2D eigenvalue weighted by molar-refractivity contribution is 0.0593. The molecule has 1 aliphatic heterocycles. The van der Waals surface area contributed by atoms with E-state index in [1.807, 2.05) is 0 Å². The molecule has 0 aromatic carbocycles. The number of rotatable bonds is 1. The van der Waals surface area contributed by atoms with Crippen LogP contribution in [-0.2, 0) is 11.3 Å². The van der Waals surface area contributed by atoms with Gasteiger partial charge in [0.25, 0.3) is 0 Å². The Morgan fingerprint density at radius 2 is 2.47 bits per heavy atom. The lowest BCUT2D eigenvalue weighted by Crippen LogP contribution is -2.06. The van der Waals surface area contributed by atoms with E-state index >= 15 is 0 Å². The molecule has 5 heteroatoms. The number of ether oxygens (including phenoxy) is 1. The predicted molar refractivity (Wildman–Crippen MR) is 52.4 cm³/mol. The molecule has 1 atom stereocenters. The molecule has 0 aliphatic carbocycles. The molecule has 1 N–H and O–H groups in total. The molecule has 5 nitrogen and oxygen atoms in total. The molecular weight excluding hydrogens is 196 g/mol. The summed E-state index contributed by atoms with van der Waals surface area (Å²) in [6, 6.07) is 1.61. The Morgan fingerprint density at radius 1 is 1.67 bits per heavy atom. The molecule has 1 aromatic heterocycles. The largest absolute Gasteiger partial charge is 0.464 e. The molecule has 2 rings (SSSR count). The van der Waals surface area contributed by atoms with Gasteiger partial charge in [-0.1, -0.05) is 0 Å². The zero-order valence-electron chi connectivity index (χ0n) is 8.64. The van der Waals surface area contributed by atoms with Crippen LogP contribution < -0.4 is 0 Å². The number of aliphatic hydroxyl groups is 1. The molecule has 0 fully saturated rings. The van der Waals surface area contributed by atoms with Gasteiger partial charge in [0.2, 0.25) is 0 Å². The minimum atomic E-state index is -0.515. The third-order valence-corrected chi connectivity index (χ3v) is 2.64. The standard InChI is InChI=1S/C10H14N2O3/c1-15-10(14)7-6-8-9(13)4-2-3-5-12(8)11-7/h6,9,13H,2-5H2,1H3. The third-order valence-electron chi connectivity index (χ3n) is 2.64. The molecule has 82 valence electrons. The number of hydrogen-bond acceptors (Lipinski definition) is 4. The van der Waals surface area contributed by atoms with Crippen molar-refractivity contribution in [3.05, 3.63) is 17.5 Å². The molecule has 0 amide bonds. The summed E-state index contributed by atoms with van der Waals surface area (Å²) in [7, 11) is 1.32. The van der Waals surface area contributed by atoms with Gasteiger partial charge in [0.15, 0.2) is 5.69 Å². The van der Waals surface area contributed by atoms with Gasteiger partial charge in [0.1, 0.15) is 0 Å². The third kappa shape index (κ3) is 1.87. The average molecular weight is 210 g/mol. The van der Waals surface area contributed by atoms with Crippen molar-refractivity contribution in [3.63, 3.8) is 0 Å². The van der Waals surface area contributed by atoms with Crippen LogP contribution in [0.15, 0.2) is 6.07 Å². The molecule has 0 radical (unpaired) electrons. The number of carbonyl (C=O) groups excluding carboxylic acids is 1. The second-order valence-electron chi connectivity index (χ2n) is 3.68. The smallest absolute Gasteiger partial charge is 0.358 e. The van der Waals surface area contributed by atoms with Crippen LogP contribution in [0, 0.1) is 0 Å². The monoisotopic (exact) mass is 210 g/mol. The van der Waals surface area contributed by atoms with Gasteiger partial charge in [-0.3, -0.25) is 4.68 Å². The van der Waals surface area contributed by atoms with Crippen molar-refractivity contribution in [2.24, 2.45) is 0 Å². The van der Waals surface area contributed by atoms with Gasteiger partial charge in [-0.2, -0.15) is 5.10 Å². The zero-order valence-corrected chi connectivity index (χ0v) is 8.64. The Hall–Kier alpha value is -1.36. The first kappa shape index (κ1) is 10.2. The number of aryl methyl sites for hydroxylation is 1. The number of fused-ring (bicyclic) bond motifs is 1. The SMILES string of the molecule is COC(=O)c1cc2n(n1)CCCCC2O. The molecule has 1 aliphatic rings. The van der Waals surface area contributed by atoms with Gasteiger partial charge >= 0.3 is 5.97 Å². The van der Waals surface area contributed by atoms with E-state index in [2.05, 4.69) is 9.84 Å². The summed E-state index contributed by atoms with van der Waals surface area (Å²) in [5, 5.41) is 13.9. The maximum Gasteiger partial charge on any atom is 0.358 e. The van der Waals surface area contributed by atoms with E-state index in [9.17, 15) is 9.90 Å². The van der Waals surface area contributed by atoms with Crippen molar-refractivity contribution < 1.29 is 14.6 Å². The minimum absolute atomic E-state index is 0.272. The summed E-state index contributed by atoms with van der Waals surface area (Å²) < 4.78 is 6.28. The Kier molecular flexibility index (Phi) is 2.73. The Bertz CT molecular complexity index is 373. The predicted octanol–water partition coefficient (Wildman–Crippen LogP) is 0.887. The van der Waals surface area contributed by atoms with Crippen molar-refractivity contribution in [3.8, 4) is 0 Å². The summed E-state index contributed by atoms with van der Waals surface area (Å²) in [5.41, 5.74) is 0.987. The molecule has 15 heavy (non-hydrogen) atoms. The van der Waals surface area contributed by atoms with Crippen molar-refractivity contribution in [2.45, 2.75) is 31.9 Å². The summed E-state index contributed by atoms with van der Waals surface area (Å²) in [4.78, 5) is 11.2. The molecule has 0 spiro atoms. The van der Waals surface area contributed by atoms with Crippen LogP contribution in [0.5, 0.6) is 0 Å². The number of methoxy groups -OCH3 is 1. The van der Waals surface area contributed by atoms with E-state index in [-0.39, 0.29) is 5.69 Å². The van der Waals surface area contributed by atoms with Gasteiger partial charge < -0.3 is 9.84 Å². The van der Waals surface area contributed by atoms with Gasteiger partial charge in [0, 0.05) is 6.54 Å². The van der Waals surface area contributed by atoms with Gasteiger partial charge in [-0.25, -0.2) is 4.79 Å². The number of nitrogens with zero attached hydrogens (tertiary/aromatic N) is 2. The summed E-state index contributed by atoms with van der Waals surface area (Å²) in [5.74, 6) is -0.456. The highest BCUT2D eigenvalue weighted by atomic mass is 16.5. The van der Waals surface area contributed by atoms with Crippen molar-refractivity contribution in [1.82, 2.24) is 9.78 Å². The fourth-order valence-electron chi connectivity index (χ4n) is 1.83. The topological polar surface area (TPSA) is 64.4 Å². The van der Waals surface area contributed by atoms with E-state index in [1.165, 1.54) is 7.11 Å². The molecule has 0 bridgehead atoms. The van der Waals surface area contributed by atoms with Crippen LogP contribution in [0.3, 0.4) is 0 Å². The Labute approximate surface area is 87.7 Å². The molecule has 1 aromatic rings. The fourth-order valence-corrected chi connectivity index (χ4v) is 1.83. The molecular formula is C10H14N2O3. The lowest BCUT2D eigenvalue weighted by Gasteiger charge is -2.06. The van der Waals surface area contributed by atoms with E-state index in [0.29, 0.717) is 5.69 Å². The second kappa shape index (κ2) is 4.02. The van der Waals surface area contributed by atoms with Crippen LogP contribution in [0.25, 0.3) is 0 Å². The summed E-state index contributed by atoms with van der Waals surface area (Å²) >= 11 is 0. The maximum absolute atomic E-state index is 11.2. The molecule has 2 heterocycles. The van der Waals surface area contributed by atoms with Crippen LogP contribution in [-0.4, -0.2) is 28.0 Å². The number of esters is 1. The average Bonchev–Trinajstić information content (AvgIpc) is 2.60. The highest BCUT2D eigenvalue weighted by Gasteiger charge is 2.21. The van der Waals surface area contributed by atoms with E-state index in [1.54, 1.807) is 10.7 Å².